The zero-order chi connectivity index (χ0) is 15.8. The Morgan fingerprint density at radius 2 is 1.92 bits per heavy atom. The number of aromatic nitrogens is 1. The van der Waals surface area contributed by atoms with E-state index in [0.29, 0.717) is 31.9 Å². The van der Waals surface area contributed by atoms with Gasteiger partial charge in [0.15, 0.2) is 0 Å². The molecule has 0 spiro atoms. The van der Waals surface area contributed by atoms with E-state index in [-0.39, 0.29) is 42.5 Å². The maximum Gasteiger partial charge on any atom is 0.252 e. The molecule has 1 aliphatic heterocycles. The van der Waals surface area contributed by atoms with Crippen LogP contribution in [0.2, 0.25) is 0 Å². The lowest BCUT2D eigenvalue weighted by Crippen LogP contribution is -2.48. The number of carbonyl (C=O) groups is 2. The Balaban J connectivity index is 0.00000264. The highest BCUT2D eigenvalue weighted by Crippen LogP contribution is 2.17. The molecule has 9 heteroatoms. The first-order chi connectivity index (χ1) is 10.7. The van der Waals surface area contributed by atoms with Gasteiger partial charge in [0.1, 0.15) is 0 Å². The van der Waals surface area contributed by atoms with E-state index in [0.717, 1.165) is 12.8 Å². The molecule has 1 aromatic rings. The molecule has 1 atom stereocenters. The fraction of sp³-hybridized carbons (Fsp3) is 0.533. The van der Waals surface area contributed by atoms with Crippen LogP contribution in [0.4, 0.5) is 0 Å². The number of carbonyl (C=O) groups excluding carboxylic acids is 2. The van der Waals surface area contributed by atoms with Gasteiger partial charge in [-0.3, -0.25) is 14.6 Å². The van der Waals surface area contributed by atoms with Crippen molar-refractivity contribution in [2.75, 3.05) is 26.3 Å². The van der Waals surface area contributed by atoms with Gasteiger partial charge in [-0.1, -0.05) is 0 Å². The van der Waals surface area contributed by atoms with Crippen LogP contribution in [0, 0.1) is 5.92 Å². The van der Waals surface area contributed by atoms with Crippen LogP contribution in [0.15, 0.2) is 24.5 Å². The Morgan fingerprint density at radius 1 is 1.25 bits per heavy atom. The molecule has 4 N–H and O–H groups in total. The lowest BCUT2D eigenvalue weighted by atomic mass is 9.92. The van der Waals surface area contributed by atoms with E-state index >= 15 is 0 Å². The van der Waals surface area contributed by atoms with Gasteiger partial charge >= 0.3 is 0 Å². The van der Waals surface area contributed by atoms with Gasteiger partial charge < -0.3 is 21.1 Å². The van der Waals surface area contributed by atoms with Crippen molar-refractivity contribution >= 4 is 36.6 Å². The fourth-order valence-electron chi connectivity index (χ4n) is 2.37. The summed E-state index contributed by atoms with van der Waals surface area (Å²) in [5.74, 6) is -0.225. The molecular weight excluding hydrogens is 355 g/mol. The summed E-state index contributed by atoms with van der Waals surface area (Å²) in [6, 6.07) is 2.86. The topological polar surface area (TPSA) is 106 Å². The highest BCUT2D eigenvalue weighted by atomic mass is 35.5. The minimum absolute atomic E-state index is 0. The fourth-order valence-corrected chi connectivity index (χ4v) is 2.37. The summed E-state index contributed by atoms with van der Waals surface area (Å²) < 4.78 is 5.26. The zero-order valence-corrected chi connectivity index (χ0v) is 14.9. The molecule has 1 aromatic heterocycles. The molecule has 2 heterocycles. The summed E-state index contributed by atoms with van der Waals surface area (Å²) in [7, 11) is 0. The molecule has 1 aliphatic rings. The molecule has 24 heavy (non-hydrogen) atoms. The highest BCUT2D eigenvalue weighted by Gasteiger charge is 2.26. The first kappa shape index (κ1) is 22.6. The predicted octanol–water partition coefficient (Wildman–Crippen LogP) is 0.525. The monoisotopic (exact) mass is 378 g/mol. The van der Waals surface area contributed by atoms with Gasteiger partial charge in [-0.15, -0.1) is 24.8 Å². The van der Waals surface area contributed by atoms with Crippen LogP contribution >= 0.6 is 24.8 Å². The van der Waals surface area contributed by atoms with Crippen LogP contribution in [0.1, 0.15) is 23.2 Å². The average Bonchev–Trinajstić information content (AvgIpc) is 2.59. The minimum Gasteiger partial charge on any atom is -0.381 e. The van der Waals surface area contributed by atoms with Crippen molar-refractivity contribution in [1.29, 1.82) is 0 Å². The number of halogens is 2. The van der Waals surface area contributed by atoms with E-state index in [1.54, 1.807) is 18.3 Å². The zero-order valence-electron chi connectivity index (χ0n) is 13.3. The molecule has 0 aromatic carbocycles. The van der Waals surface area contributed by atoms with Gasteiger partial charge in [0.25, 0.3) is 5.91 Å². The Labute approximate surface area is 153 Å². The van der Waals surface area contributed by atoms with Crippen molar-refractivity contribution in [3.05, 3.63) is 30.1 Å². The summed E-state index contributed by atoms with van der Waals surface area (Å²) in [4.78, 5) is 27.6. The molecule has 1 unspecified atom stereocenters. The molecule has 0 bridgehead atoms. The van der Waals surface area contributed by atoms with Gasteiger partial charge in [-0.05, 0) is 30.9 Å². The first-order valence-corrected chi connectivity index (χ1v) is 7.47. The number of hydrogen-bond acceptors (Lipinski definition) is 5. The molecule has 1 saturated heterocycles. The summed E-state index contributed by atoms with van der Waals surface area (Å²) in [6.45, 7) is 2.02. The summed E-state index contributed by atoms with van der Waals surface area (Å²) in [6.07, 6.45) is 4.72. The predicted molar refractivity (Wildman–Crippen MR) is 95.6 cm³/mol. The number of amides is 2. The minimum atomic E-state index is -0.516. The number of ether oxygens (including phenoxy) is 1. The Kier molecular flexibility index (Phi) is 11.3. The molecular formula is C15H24Cl2N4O3. The number of hydrogen-bond donors (Lipinski definition) is 3. The summed E-state index contributed by atoms with van der Waals surface area (Å²) in [5, 5.41) is 5.47. The third-order valence-corrected chi connectivity index (χ3v) is 3.71. The van der Waals surface area contributed by atoms with Crippen molar-refractivity contribution in [2.45, 2.75) is 18.9 Å². The van der Waals surface area contributed by atoms with Crippen molar-refractivity contribution in [3.63, 3.8) is 0 Å². The molecule has 7 nitrogen and oxygen atoms in total. The second-order valence-electron chi connectivity index (χ2n) is 5.26. The van der Waals surface area contributed by atoms with Crippen LogP contribution in [-0.4, -0.2) is 49.1 Å². The Hall–Kier alpha value is -1.41. The van der Waals surface area contributed by atoms with E-state index < -0.39 is 6.04 Å². The van der Waals surface area contributed by atoms with Crippen molar-refractivity contribution in [2.24, 2.45) is 11.7 Å². The Bertz CT molecular complexity index is 499. The average molecular weight is 379 g/mol. The SMILES string of the molecule is Cl.Cl.NC(C(=O)NCCNC(=O)c1cccnc1)C1CCOCC1. The van der Waals surface area contributed by atoms with E-state index in [1.807, 2.05) is 0 Å². The third-order valence-electron chi connectivity index (χ3n) is 3.71. The largest absolute Gasteiger partial charge is 0.381 e. The number of rotatable bonds is 6. The van der Waals surface area contributed by atoms with Crippen LogP contribution in [0.5, 0.6) is 0 Å². The summed E-state index contributed by atoms with van der Waals surface area (Å²) in [5.41, 5.74) is 6.46. The van der Waals surface area contributed by atoms with Crippen LogP contribution < -0.4 is 16.4 Å². The molecule has 0 saturated carbocycles. The lowest BCUT2D eigenvalue weighted by molar-refractivity contribution is -0.124. The van der Waals surface area contributed by atoms with E-state index in [1.165, 1.54) is 6.20 Å². The van der Waals surface area contributed by atoms with Crippen molar-refractivity contribution < 1.29 is 14.3 Å². The van der Waals surface area contributed by atoms with Gasteiger partial charge in [0, 0.05) is 38.7 Å². The summed E-state index contributed by atoms with van der Waals surface area (Å²) >= 11 is 0. The smallest absolute Gasteiger partial charge is 0.252 e. The number of nitrogens with one attached hydrogen (secondary N) is 2. The molecule has 1 fully saturated rings. The lowest BCUT2D eigenvalue weighted by Gasteiger charge is -2.26. The number of nitrogens with two attached hydrogens (primary N) is 1. The first-order valence-electron chi connectivity index (χ1n) is 7.47. The van der Waals surface area contributed by atoms with Gasteiger partial charge in [-0.2, -0.15) is 0 Å². The molecule has 0 aliphatic carbocycles. The highest BCUT2D eigenvalue weighted by molar-refractivity contribution is 5.93. The number of nitrogens with zero attached hydrogens (tertiary/aromatic N) is 1. The molecule has 136 valence electrons. The van der Waals surface area contributed by atoms with Crippen molar-refractivity contribution in [3.8, 4) is 0 Å². The van der Waals surface area contributed by atoms with Crippen LogP contribution in [0.3, 0.4) is 0 Å². The maximum atomic E-state index is 12.0. The van der Waals surface area contributed by atoms with E-state index in [4.69, 9.17) is 10.5 Å². The quantitative estimate of drug-likeness (QED) is 0.625. The normalized spacial score (nSPS) is 15.4. The number of pyridine rings is 1. The van der Waals surface area contributed by atoms with Crippen molar-refractivity contribution in [1.82, 2.24) is 15.6 Å². The second-order valence-corrected chi connectivity index (χ2v) is 5.26. The van der Waals surface area contributed by atoms with E-state index in [2.05, 4.69) is 15.6 Å². The van der Waals surface area contributed by atoms with Gasteiger partial charge in [-0.25, -0.2) is 0 Å². The molecule has 2 rings (SSSR count). The van der Waals surface area contributed by atoms with Crippen LogP contribution in [-0.2, 0) is 9.53 Å². The maximum absolute atomic E-state index is 12.0. The van der Waals surface area contributed by atoms with Gasteiger partial charge in [0.05, 0.1) is 11.6 Å². The molecule has 0 radical (unpaired) electrons. The second kappa shape index (κ2) is 12.0. The van der Waals surface area contributed by atoms with Gasteiger partial charge in [0.2, 0.25) is 5.91 Å². The third kappa shape index (κ3) is 7.00. The Morgan fingerprint density at radius 3 is 2.54 bits per heavy atom. The molecule has 2 amide bonds. The van der Waals surface area contributed by atoms with E-state index in [9.17, 15) is 9.59 Å². The van der Waals surface area contributed by atoms with Crippen LogP contribution in [0.25, 0.3) is 0 Å². The standard InChI is InChI=1S/C15H22N4O3.2ClH/c16-13(11-3-8-22-9-4-11)15(21)19-7-6-18-14(20)12-2-1-5-17-10-12;;/h1-2,5,10-11,13H,3-4,6-9,16H2,(H,18,20)(H,19,21);2*1H.